The van der Waals surface area contributed by atoms with Crippen LogP contribution in [0.5, 0.6) is 0 Å². The summed E-state index contributed by atoms with van der Waals surface area (Å²) < 4.78 is 5.40. The van der Waals surface area contributed by atoms with E-state index in [0.29, 0.717) is 19.0 Å². The number of rotatable bonds is 5. The van der Waals surface area contributed by atoms with Crippen molar-refractivity contribution in [2.75, 3.05) is 20.2 Å². The lowest BCUT2D eigenvalue weighted by Gasteiger charge is -2.11. The molecule has 5 heteroatoms. The predicted molar refractivity (Wildman–Crippen MR) is 63.2 cm³/mol. The monoisotopic (exact) mass is 238 g/mol. The van der Waals surface area contributed by atoms with Crippen molar-refractivity contribution in [3.8, 4) is 10.8 Å². The molecule has 16 heavy (non-hydrogen) atoms. The lowest BCUT2D eigenvalue weighted by atomic mass is 10.4. The molecule has 1 N–H and O–H groups in total. The molecule has 4 nitrogen and oxygen atoms in total. The Morgan fingerprint density at radius 1 is 1.56 bits per heavy atom. The van der Waals surface area contributed by atoms with Crippen LogP contribution in [-0.4, -0.2) is 35.2 Å². The third kappa shape index (κ3) is 2.69. The zero-order chi connectivity index (χ0) is 11.4. The number of aromatic nitrogens is 1. The summed E-state index contributed by atoms with van der Waals surface area (Å²) in [6, 6.07) is 3.96. The van der Waals surface area contributed by atoms with Crippen molar-refractivity contribution in [1.82, 2.24) is 9.88 Å². The van der Waals surface area contributed by atoms with E-state index in [4.69, 9.17) is 9.52 Å². The fourth-order valence-electron chi connectivity index (χ4n) is 1.42. The quantitative estimate of drug-likeness (QED) is 0.863. The van der Waals surface area contributed by atoms with Crippen molar-refractivity contribution in [3.05, 3.63) is 29.5 Å². The first-order chi connectivity index (χ1) is 7.79. The molecule has 2 aromatic rings. The van der Waals surface area contributed by atoms with E-state index in [9.17, 15) is 0 Å². The fraction of sp³-hybridized carbons (Fsp3) is 0.364. The lowest BCUT2D eigenvalue weighted by Crippen LogP contribution is -2.21. The van der Waals surface area contributed by atoms with Crippen LogP contribution in [0, 0.1) is 0 Å². The second-order valence-corrected chi connectivity index (χ2v) is 4.53. The first kappa shape index (κ1) is 11.3. The predicted octanol–water partition coefficient (Wildman–Crippen LogP) is 1.83. The molecule has 0 saturated carbocycles. The van der Waals surface area contributed by atoms with E-state index in [1.165, 1.54) is 0 Å². The molecule has 0 aliphatic heterocycles. The fourth-order valence-corrected chi connectivity index (χ4v) is 2.07. The number of nitrogens with zero attached hydrogens (tertiary/aromatic N) is 2. The summed E-state index contributed by atoms with van der Waals surface area (Å²) >= 11 is 1.61. The summed E-state index contributed by atoms with van der Waals surface area (Å²) in [5.74, 6) is 0.669. The molecule has 0 radical (unpaired) electrons. The van der Waals surface area contributed by atoms with Crippen molar-refractivity contribution in [2.24, 2.45) is 0 Å². The van der Waals surface area contributed by atoms with E-state index < -0.39 is 0 Å². The summed E-state index contributed by atoms with van der Waals surface area (Å²) in [4.78, 5) is 7.43. The number of oxazole rings is 1. The van der Waals surface area contributed by atoms with Crippen molar-refractivity contribution in [2.45, 2.75) is 6.54 Å². The topological polar surface area (TPSA) is 49.5 Å². The molecule has 0 bridgehead atoms. The molecule has 2 rings (SSSR count). The molecule has 0 fully saturated rings. The average Bonchev–Trinajstić information content (AvgIpc) is 2.86. The molecule has 0 saturated heterocycles. The third-order valence-corrected chi connectivity index (χ3v) is 3.06. The first-order valence-electron chi connectivity index (χ1n) is 5.07. The Morgan fingerprint density at radius 3 is 3.12 bits per heavy atom. The Labute approximate surface area is 98.2 Å². The van der Waals surface area contributed by atoms with Gasteiger partial charge in [-0.05, 0) is 18.5 Å². The largest absolute Gasteiger partial charge is 0.444 e. The van der Waals surface area contributed by atoms with Gasteiger partial charge in [0.25, 0.3) is 0 Å². The lowest BCUT2D eigenvalue weighted by molar-refractivity contribution is 0.216. The number of likely N-dealkylation sites (N-methyl/N-ethyl adjacent to an activating group) is 1. The van der Waals surface area contributed by atoms with Crippen LogP contribution < -0.4 is 0 Å². The maximum Gasteiger partial charge on any atom is 0.236 e. The van der Waals surface area contributed by atoms with E-state index >= 15 is 0 Å². The Kier molecular flexibility index (Phi) is 3.71. The molecule has 0 spiro atoms. The zero-order valence-corrected chi connectivity index (χ0v) is 9.91. The molecule has 0 aliphatic carbocycles. The third-order valence-electron chi connectivity index (χ3n) is 2.20. The van der Waals surface area contributed by atoms with Gasteiger partial charge < -0.3 is 9.52 Å². The van der Waals surface area contributed by atoms with Gasteiger partial charge in [-0.2, -0.15) is 0 Å². The van der Waals surface area contributed by atoms with Crippen LogP contribution in [0.2, 0.25) is 0 Å². The minimum atomic E-state index is 0.159. The normalized spacial score (nSPS) is 11.2. The number of hydrogen-bond acceptors (Lipinski definition) is 5. The summed E-state index contributed by atoms with van der Waals surface area (Å²) in [5.41, 5.74) is 0.888. The highest BCUT2D eigenvalue weighted by atomic mass is 32.1. The van der Waals surface area contributed by atoms with E-state index in [-0.39, 0.29) is 6.61 Å². The second kappa shape index (κ2) is 5.25. The highest BCUT2D eigenvalue weighted by Crippen LogP contribution is 2.23. The summed E-state index contributed by atoms with van der Waals surface area (Å²) in [7, 11) is 1.94. The van der Waals surface area contributed by atoms with Crippen molar-refractivity contribution in [1.29, 1.82) is 0 Å². The first-order valence-corrected chi connectivity index (χ1v) is 5.95. The van der Waals surface area contributed by atoms with Gasteiger partial charge in [0.2, 0.25) is 5.89 Å². The van der Waals surface area contributed by atoms with Gasteiger partial charge in [-0.3, -0.25) is 4.90 Å². The van der Waals surface area contributed by atoms with Crippen LogP contribution in [0.1, 0.15) is 5.69 Å². The molecule has 2 heterocycles. The van der Waals surface area contributed by atoms with Gasteiger partial charge in [0, 0.05) is 13.1 Å². The number of aliphatic hydroxyl groups excluding tert-OH is 1. The van der Waals surface area contributed by atoms with E-state index in [1.54, 1.807) is 17.6 Å². The van der Waals surface area contributed by atoms with Crippen molar-refractivity contribution >= 4 is 11.3 Å². The van der Waals surface area contributed by atoms with Crippen molar-refractivity contribution < 1.29 is 9.52 Å². The molecule has 2 aromatic heterocycles. The molecule has 86 valence electrons. The van der Waals surface area contributed by atoms with E-state index in [1.807, 2.05) is 29.5 Å². The Morgan fingerprint density at radius 2 is 2.44 bits per heavy atom. The van der Waals surface area contributed by atoms with Gasteiger partial charge in [-0.25, -0.2) is 4.98 Å². The molecular formula is C11H14N2O2S. The molecular weight excluding hydrogens is 224 g/mol. The van der Waals surface area contributed by atoms with Crippen LogP contribution in [0.3, 0.4) is 0 Å². The Bertz CT molecular complexity index is 425. The van der Waals surface area contributed by atoms with Crippen LogP contribution >= 0.6 is 11.3 Å². The van der Waals surface area contributed by atoms with Gasteiger partial charge in [0.1, 0.15) is 6.26 Å². The Hall–Kier alpha value is -1.17. The average molecular weight is 238 g/mol. The number of hydrogen-bond donors (Lipinski definition) is 1. The van der Waals surface area contributed by atoms with Gasteiger partial charge in [-0.15, -0.1) is 11.3 Å². The standard InChI is InChI=1S/C11H14N2O2S/c1-13(4-5-14)7-9-8-15-11(12-9)10-3-2-6-16-10/h2-3,6,8,14H,4-5,7H2,1H3. The van der Waals surface area contributed by atoms with Crippen LogP contribution in [0.25, 0.3) is 10.8 Å². The number of thiophene rings is 1. The van der Waals surface area contributed by atoms with Crippen LogP contribution in [0.15, 0.2) is 28.2 Å². The maximum absolute atomic E-state index is 8.79. The summed E-state index contributed by atoms with van der Waals surface area (Å²) in [5, 5.41) is 10.8. The molecule has 0 aromatic carbocycles. The Balaban J connectivity index is 2.03. The highest BCUT2D eigenvalue weighted by molar-refractivity contribution is 7.13. The van der Waals surface area contributed by atoms with Crippen LogP contribution in [0.4, 0.5) is 0 Å². The van der Waals surface area contributed by atoms with Gasteiger partial charge in [0.15, 0.2) is 0 Å². The van der Waals surface area contributed by atoms with Gasteiger partial charge >= 0.3 is 0 Å². The molecule has 0 unspecified atom stereocenters. The molecule has 0 aliphatic rings. The minimum absolute atomic E-state index is 0.159. The second-order valence-electron chi connectivity index (χ2n) is 3.58. The number of aliphatic hydroxyl groups is 1. The van der Waals surface area contributed by atoms with Gasteiger partial charge in [0.05, 0.1) is 17.2 Å². The highest BCUT2D eigenvalue weighted by Gasteiger charge is 2.08. The molecule has 0 atom stereocenters. The minimum Gasteiger partial charge on any atom is -0.444 e. The van der Waals surface area contributed by atoms with Crippen LogP contribution in [-0.2, 0) is 6.54 Å². The summed E-state index contributed by atoms with van der Waals surface area (Å²) in [6.45, 7) is 1.49. The van der Waals surface area contributed by atoms with E-state index in [0.717, 1.165) is 10.6 Å². The smallest absolute Gasteiger partial charge is 0.236 e. The SMILES string of the molecule is CN(CCO)Cc1coc(-c2cccs2)n1. The molecule has 0 amide bonds. The van der Waals surface area contributed by atoms with Gasteiger partial charge in [-0.1, -0.05) is 6.07 Å². The summed E-state index contributed by atoms with van der Waals surface area (Å²) in [6.07, 6.45) is 1.67. The maximum atomic E-state index is 8.79. The van der Waals surface area contributed by atoms with Crippen molar-refractivity contribution in [3.63, 3.8) is 0 Å². The van der Waals surface area contributed by atoms with E-state index in [2.05, 4.69) is 4.98 Å². The zero-order valence-electron chi connectivity index (χ0n) is 9.09.